The van der Waals surface area contributed by atoms with E-state index < -0.39 is 6.61 Å². The van der Waals surface area contributed by atoms with Crippen molar-refractivity contribution in [3.05, 3.63) is 42.2 Å². The first-order valence-electron chi connectivity index (χ1n) is 9.77. The molecule has 1 fully saturated rings. The van der Waals surface area contributed by atoms with Gasteiger partial charge in [-0.05, 0) is 25.1 Å². The Balaban J connectivity index is 0.00000341. The number of aliphatic imine (C=N–C) groups is 1. The number of halogens is 3. The van der Waals surface area contributed by atoms with Crippen molar-refractivity contribution in [2.24, 2.45) is 4.99 Å². The van der Waals surface area contributed by atoms with Crippen LogP contribution in [0.15, 0.2) is 41.7 Å². The fourth-order valence-electron chi connectivity index (χ4n) is 3.16. The third kappa shape index (κ3) is 7.04. The molecule has 0 aliphatic carbocycles. The lowest BCUT2D eigenvalue weighted by atomic mass is 10.2. The van der Waals surface area contributed by atoms with E-state index in [0.29, 0.717) is 23.8 Å². The second kappa shape index (κ2) is 12.4. The summed E-state index contributed by atoms with van der Waals surface area (Å²) in [5, 5.41) is 3.27. The molecule has 31 heavy (non-hydrogen) atoms. The summed E-state index contributed by atoms with van der Waals surface area (Å²) in [6.07, 6.45) is 3.46. The molecule has 170 valence electrons. The summed E-state index contributed by atoms with van der Waals surface area (Å²) in [5.74, 6) is 1.95. The van der Waals surface area contributed by atoms with Crippen molar-refractivity contribution in [3.8, 4) is 11.5 Å². The van der Waals surface area contributed by atoms with Crippen LogP contribution in [0.4, 0.5) is 14.7 Å². The molecule has 1 aliphatic rings. The predicted molar refractivity (Wildman–Crippen MR) is 126 cm³/mol. The summed E-state index contributed by atoms with van der Waals surface area (Å²) in [5.41, 5.74) is 0.558. The highest BCUT2D eigenvalue weighted by molar-refractivity contribution is 14.0. The van der Waals surface area contributed by atoms with Gasteiger partial charge in [0.25, 0.3) is 0 Å². The first kappa shape index (κ1) is 24.8. The van der Waals surface area contributed by atoms with Gasteiger partial charge < -0.3 is 24.6 Å². The van der Waals surface area contributed by atoms with E-state index >= 15 is 0 Å². The van der Waals surface area contributed by atoms with Crippen molar-refractivity contribution in [2.45, 2.75) is 20.1 Å². The molecule has 11 heteroatoms. The molecule has 0 unspecified atom stereocenters. The van der Waals surface area contributed by atoms with Crippen LogP contribution in [0.2, 0.25) is 0 Å². The molecule has 1 aromatic carbocycles. The van der Waals surface area contributed by atoms with Gasteiger partial charge in [-0.2, -0.15) is 8.78 Å². The fourth-order valence-corrected chi connectivity index (χ4v) is 3.16. The van der Waals surface area contributed by atoms with Crippen molar-refractivity contribution < 1.29 is 18.3 Å². The zero-order chi connectivity index (χ0) is 21.3. The average molecular weight is 548 g/mol. The van der Waals surface area contributed by atoms with Crippen LogP contribution < -0.4 is 19.7 Å². The van der Waals surface area contributed by atoms with Gasteiger partial charge in [-0.25, -0.2) is 15.0 Å². The van der Waals surface area contributed by atoms with Crippen LogP contribution in [0.1, 0.15) is 12.5 Å². The molecule has 0 atom stereocenters. The first-order chi connectivity index (χ1) is 14.6. The molecule has 0 saturated carbocycles. The zero-order valence-electron chi connectivity index (χ0n) is 17.5. The smallest absolute Gasteiger partial charge is 0.387 e. The number of aromatic nitrogens is 2. The normalized spacial score (nSPS) is 14.3. The van der Waals surface area contributed by atoms with Crippen LogP contribution in [0.25, 0.3) is 0 Å². The largest absolute Gasteiger partial charge is 0.497 e. The van der Waals surface area contributed by atoms with Crippen LogP contribution in [-0.2, 0) is 6.54 Å². The van der Waals surface area contributed by atoms with Gasteiger partial charge in [-0.15, -0.1) is 24.0 Å². The minimum atomic E-state index is -2.92. The average Bonchev–Trinajstić information content (AvgIpc) is 2.77. The summed E-state index contributed by atoms with van der Waals surface area (Å²) in [4.78, 5) is 17.5. The van der Waals surface area contributed by atoms with E-state index in [-0.39, 0.29) is 36.3 Å². The zero-order valence-corrected chi connectivity index (χ0v) is 19.8. The Bertz CT molecular complexity index is 836. The maximum atomic E-state index is 12.8. The lowest BCUT2D eigenvalue weighted by Crippen LogP contribution is -2.52. The minimum absolute atomic E-state index is 0. The molecular weight excluding hydrogens is 521 g/mol. The van der Waals surface area contributed by atoms with Crippen LogP contribution in [-0.4, -0.2) is 67.3 Å². The monoisotopic (exact) mass is 548 g/mol. The van der Waals surface area contributed by atoms with Crippen LogP contribution in [0, 0.1) is 0 Å². The van der Waals surface area contributed by atoms with Gasteiger partial charge in [0, 0.05) is 56.7 Å². The topological polar surface area (TPSA) is 75.1 Å². The third-order valence-corrected chi connectivity index (χ3v) is 4.64. The summed E-state index contributed by atoms with van der Waals surface area (Å²) < 4.78 is 35.3. The number of ether oxygens (including phenoxy) is 2. The highest BCUT2D eigenvalue weighted by atomic mass is 127. The molecule has 0 radical (unpaired) electrons. The molecule has 0 bridgehead atoms. The lowest BCUT2D eigenvalue weighted by molar-refractivity contribution is -0.0505. The number of rotatable bonds is 7. The van der Waals surface area contributed by atoms with Gasteiger partial charge in [-0.3, -0.25) is 0 Å². The standard InChI is InChI=1S/C20H26F2N6O2.HI/c1-3-23-19(27-9-11-28(12-10-27)20-24-7-4-8-25-20)26-14-15-5-6-16(29-2)13-17(15)30-18(21)22;/h4-8,13,18H,3,9-12,14H2,1-2H3,(H,23,26);1H. The Morgan fingerprint density at radius 2 is 1.90 bits per heavy atom. The van der Waals surface area contributed by atoms with Crippen molar-refractivity contribution >= 4 is 35.9 Å². The summed E-state index contributed by atoms with van der Waals surface area (Å²) in [7, 11) is 1.47. The Labute approximate surface area is 197 Å². The molecule has 0 spiro atoms. The van der Waals surface area contributed by atoms with Crippen LogP contribution >= 0.6 is 24.0 Å². The number of hydrogen-bond donors (Lipinski definition) is 1. The van der Waals surface area contributed by atoms with Gasteiger partial charge in [0.1, 0.15) is 11.5 Å². The van der Waals surface area contributed by atoms with Crippen molar-refractivity contribution in [1.29, 1.82) is 0 Å². The molecule has 1 aromatic heterocycles. The van der Waals surface area contributed by atoms with Crippen molar-refractivity contribution in [2.75, 3.05) is 44.7 Å². The van der Waals surface area contributed by atoms with E-state index in [2.05, 4.69) is 34.8 Å². The molecule has 2 heterocycles. The molecular formula is C20H27F2IN6O2. The Morgan fingerprint density at radius 1 is 1.19 bits per heavy atom. The van der Waals surface area contributed by atoms with Gasteiger partial charge in [0.15, 0.2) is 5.96 Å². The number of anilines is 1. The maximum absolute atomic E-state index is 12.8. The van der Waals surface area contributed by atoms with Crippen LogP contribution in [0.3, 0.4) is 0 Å². The quantitative estimate of drug-likeness (QED) is 0.324. The molecule has 1 aliphatic heterocycles. The number of nitrogens with zero attached hydrogens (tertiary/aromatic N) is 5. The van der Waals surface area contributed by atoms with E-state index in [9.17, 15) is 8.78 Å². The number of nitrogens with one attached hydrogen (secondary N) is 1. The molecule has 0 amide bonds. The van der Waals surface area contributed by atoms with E-state index in [1.165, 1.54) is 13.2 Å². The van der Waals surface area contributed by atoms with E-state index in [1.807, 2.05) is 6.92 Å². The SMILES string of the molecule is CCNC(=NCc1ccc(OC)cc1OC(F)F)N1CCN(c2ncccn2)CC1.I. The van der Waals surface area contributed by atoms with Crippen molar-refractivity contribution in [1.82, 2.24) is 20.2 Å². The second-order valence-corrected chi connectivity index (χ2v) is 6.55. The van der Waals surface area contributed by atoms with E-state index in [4.69, 9.17) is 4.74 Å². The van der Waals surface area contributed by atoms with Gasteiger partial charge in [-0.1, -0.05) is 0 Å². The number of alkyl halides is 2. The third-order valence-electron chi connectivity index (χ3n) is 4.64. The van der Waals surface area contributed by atoms with Gasteiger partial charge in [0.05, 0.1) is 13.7 Å². The predicted octanol–water partition coefficient (Wildman–Crippen LogP) is 2.99. The van der Waals surface area contributed by atoms with Crippen LogP contribution in [0.5, 0.6) is 11.5 Å². The number of piperazine rings is 1. The fraction of sp³-hybridized carbons (Fsp3) is 0.450. The number of methoxy groups -OCH3 is 1. The van der Waals surface area contributed by atoms with Gasteiger partial charge in [0.2, 0.25) is 5.95 Å². The minimum Gasteiger partial charge on any atom is -0.497 e. The number of benzene rings is 1. The van der Waals surface area contributed by atoms with Gasteiger partial charge >= 0.3 is 6.61 Å². The molecule has 1 saturated heterocycles. The summed E-state index contributed by atoms with van der Waals surface area (Å²) >= 11 is 0. The molecule has 2 aromatic rings. The number of guanidine groups is 1. The second-order valence-electron chi connectivity index (χ2n) is 6.55. The van der Waals surface area contributed by atoms with E-state index in [1.54, 1.807) is 30.6 Å². The Hall–Kier alpha value is -2.44. The van der Waals surface area contributed by atoms with E-state index in [0.717, 1.165) is 32.1 Å². The molecule has 1 N–H and O–H groups in total. The molecule has 3 rings (SSSR count). The Kier molecular flexibility index (Phi) is 9.95. The first-order valence-corrected chi connectivity index (χ1v) is 9.77. The highest BCUT2D eigenvalue weighted by Crippen LogP contribution is 2.27. The molecule has 8 nitrogen and oxygen atoms in total. The highest BCUT2D eigenvalue weighted by Gasteiger charge is 2.21. The summed E-state index contributed by atoms with van der Waals surface area (Å²) in [6.45, 7) is 2.98. The van der Waals surface area contributed by atoms with Crippen molar-refractivity contribution in [3.63, 3.8) is 0 Å². The Morgan fingerprint density at radius 3 is 2.52 bits per heavy atom. The maximum Gasteiger partial charge on any atom is 0.387 e. The summed E-state index contributed by atoms with van der Waals surface area (Å²) in [6, 6.07) is 6.63. The number of hydrogen-bond acceptors (Lipinski definition) is 6. The lowest BCUT2D eigenvalue weighted by Gasteiger charge is -2.36.